The second-order valence-corrected chi connectivity index (χ2v) is 4.57. The summed E-state index contributed by atoms with van der Waals surface area (Å²) in [6, 6.07) is 0. The first-order valence-corrected chi connectivity index (χ1v) is 5.55. The summed E-state index contributed by atoms with van der Waals surface area (Å²) in [7, 11) is 0. The highest BCUT2D eigenvalue weighted by Gasteiger charge is 2.20. The quantitative estimate of drug-likeness (QED) is 0.654. The molecule has 0 bridgehead atoms. The van der Waals surface area contributed by atoms with Crippen molar-refractivity contribution < 1.29 is 9.90 Å². The zero-order valence-corrected chi connectivity index (χ0v) is 8.86. The van der Waals surface area contributed by atoms with Crippen molar-refractivity contribution >= 4 is 17.7 Å². The van der Waals surface area contributed by atoms with Gasteiger partial charge in [0.1, 0.15) is 0 Å². The number of aliphatic carboxylic acids is 1. The first-order chi connectivity index (χ1) is 5.59. The van der Waals surface area contributed by atoms with Gasteiger partial charge in [-0.1, -0.05) is 20.8 Å². The Kier molecular flexibility index (Phi) is 6.25. The molecule has 3 heteroatoms. The minimum Gasteiger partial charge on any atom is -0.481 e. The molecule has 72 valence electrons. The van der Waals surface area contributed by atoms with Crippen LogP contribution in [0, 0.1) is 11.8 Å². The van der Waals surface area contributed by atoms with Crippen molar-refractivity contribution in [3.8, 4) is 0 Å². The number of carboxylic acid groups (broad SMARTS) is 1. The molecular formula is C9H18O2S. The maximum Gasteiger partial charge on any atom is 0.306 e. The number of thioether (sulfide) groups is 1. The second-order valence-electron chi connectivity index (χ2n) is 3.17. The molecule has 0 spiro atoms. The van der Waals surface area contributed by atoms with Gasteiger partial charge in [0.05, 0.1) is 5.92 Å². The standard InChI is InChI=1S/C9H18O2S/c1-4-12-6-5-8(7(2)3)9(10)11/h7-8H,4-6H2,1-3H3,(H,10,11). The Morgan fingerprint density at radius 3 is 2.42 bits per heavy atom. The Balaban J connectivity index is 3.72. The average Bonchev–Trinajstić information content (AvgIpc) is 1.96. The molecule has 1 unspecified atom stereocenters. The summed E-state index contributed by atoms with van der Waals surface area (Å²) in [5.74, 6) is 1.47. The van der Waals surface area contributed by atoms with Crippen molar-refractivity contribution in [3.05, 3.63) is 0 Å². The molecule has 0 rings (SSSR count). The molecule has 1 N–H and O–H groups in total. The van der Waals surface area contributed by atoms with E-state index in [1.807, 2.05) is 25.6 Å². The zero-order valence-electron chi connectivity index (χ0n) is 8.04. The first kappa shape index (κ1) is 11.8. The molecule has 0 aromatic carbocycles. The smallest absolute Gasteiger partial charge is 0.306 e. The maximum atomic E-state index is 10.7. The van der Waals surface area contributed by atoms with Gasteiger partial charge in [-0.25, -0.2) is 0 Å². The fraction of sp³-hybridized carbons (Fsp3) is 0.889. The highest BCUT2D eigenvalue weighted by atomic mass is 32.2. The van der Waals surface area contributed by atoms with Crippen LogP contribution in [0.4, 0.5) is 0 Å². The largest absolute Gasteiger partial charge is 0.481 e. The predicted molar refractivity (Wildman–Crippen MR) is 53.6 cm³/mol. The molecule has 2 nitrogen and oxygen atoms in total. The van der Waals surface area contributed by atoms with E-state index in [9.17, 15) is 4.79 Å². The van der Waals surface area contributed by atoms with Crippen molar-refractivity contribution in [2.24, 2.45) is 11.8 Å². The third-order valence-corrected chi connectivity index (χ3v) is 2.83. The van der Waals surface area contributed by atoms with Crippen LogP contribution in [-0.2, 0) is 4.79 Å². The van der Waals surface area contributed by atoms with Crippen molar-refractivity contribution in [1.82, 2.24) is 0 Å². The average molecular weight is 190 g/mol. The third kappa shape index (κ3) is 4.65. The first-order valence-electron chi connectivity index (χ1n) is 4.40. The molecule has 0 fully saturated rings. The van der Waals surface area contributed by atoms with E-state index in [-0.39, 0.29) is 11.8 Å². The van der Waals surface area contributed by atoms with Gasteiger partial charge in [0.25, 0.3) is 0 Å². The van der Waals surface area contributed by atoms with Gasteiger partial charge in [-0.2, -0.15) is 11.8 Å². The van der Waals surface area contributed by atoms with Crippen LogP contribution in [0.3, 0.4) is 0 Å². The van der Waals surface area contributed by atoms with Gasteiger partial charge in [0.15, 0.2) is 0 Å². The highest BCUT2D eigenvalue weighted by Crippen LogP contribution is 2.18. The van der Waals surface area contributed by atoms with E-state index in [1.54, 1.807) is 0 Å². The highest BCUT2D eigenvalue weighted by molar-refractivity contribution is 7.99. The lowest BCUT2D eigenvalue weighted by Gasteiger charge is -2.15. The minimum atomic E-state index is -0.651. The van der Waals surface area contributed by atoms with Gasteiger partial charge >= 0.3 is 5.97 Å². The van der Waals surface area contributed by atoms with E-state index in [4.69, 9.17) is 5.11 Å². The van der Waals surface area contributed by atoms with Crippen LogP contribution in [0.1, 0.15) is 27.2 Å². The molecule has 0 amide bonds. The van der Waals surface area contributed by atoms with Gasteiger partial charge in [-0.05, 0) is 23.8 Å². The molecule has 0 aliphatic heterocycles. The van der Waals surface area contributed by atoms with E-state index >= 15 is 0 Å². The molecule has 0 radical (unpaired) electrons. The molecular weight excluding hydrogens is 172 g/mol. The van der Waals surface area contributed by atoms with Gasteiger partial charge < -0.3 is 5.11 Å². The Morgan fingerprint density at radius 2 is 2.08 bits per heavy atom. The molecule has 1 atom stereocenters. The summed E-state index contributed by atoms with van der Waals surface area (Å²) in [5, 5.41) is 8.83. The van der Waals surface area contributed by atoms with Gasteiger partial charge in [0.2, 0.25) is 0 Å². The van der Waals surface area contributed by atoms with Crippen LogP contribution in [0.5, 0.6) is 0 Å². The molecule has 0 aliphatic rings. The summed E-state index contributed by atoms with van der Waals surface area (Å²) >= 11 is 1.81. The summed E-state index contributed by atoms with van der Waals surface area (Å²) in [6.45, 7) is 6.03. The molecule has 0 aromatic rings. The van der Waals surface area contributed by atoms with Crippen molar-refractivity contribution in [1.29, 1.82) is 0 Å². The minimum absolute atomic E-state index is 0.163. The monoisotopic (exact) mass is 190 g/mol. The Hall–Kier alpha value is -0.180. The third-order valence-electron chi connectivity index (χ3n) is 1.90. The van der Waals surface area contributed by atoms with Crippen molar-refractivity contribution in [2.75, 3.05) is 11.5 Å². The van der Waals surface area contributed by atoms with Crippen LogP contribution in [-0.4, -0.2) is 22.6 Å². The van der Waals surface area contributed by atoms with Crippen LogP contribution in [0.25, 0.3) is 0 Å². The molecule has 0 heterocycles. The van der Waals surface area contributed by atoms with E-state index in [1.165, 1.54) is 0 Å². The van der Waals surface area contributed by atoms with Gasteiger partial charge in [0, 0.05) is 0 Å². The summed E-state index contributed by atoms with van der Waals surface area (Å²) < 4.78 is 0. The lowest BCUT2D eigenvalue weighted by atomic mass is 9.94. The second kappa shape index (κ2) is 6.35. The maximum absolute atomic E-state index is 10.7. The van der Waals surface area contributed by atoms with Crippen LogP contribution < -0.4 is 0 Å². The number of rotatable bonds is 6. The number of carboxylic acids is 1. The number of hydrogen-bond donors (Lipinski definition) is 1. The van der Waals surface area contributed by atoms with E-state index in [2.05, 4.69) is 6.92 Å². The Bertz CT molecular complexity index is 134. The predicted octanol–water partition coefficient (Wildman–Crippen LogP) is 2.49. The van der Waals surface area contributed by atoms with Gasteiger partial charge in [-0.3, -0.25) is 4.79 Å². The topological polar surface area (TPSA) is 37.3 Å². The normalized spacial score (nSPS) is 13.3. The van der Waals surface area contributed by atoms with Crippen LogP contribution >= 0.6 is 11.8 Å². The lowest BCUT2D eigenvalue weighted by molar-refractivity contribution is -0.143. The van der Waals surface area contributed by atoms with Crippen molar-refractivity contribution in [3.63, 3.8) is 0 Å². The van der Waals surface area contributed by atoms with E-state index < -0.39 is 5.97 Å². The van der Waals surface area contributed by atoms with Crippen LogP contribution in [0.2, 0.25) is 0 Å². The molecule has 0 aliphatic carbocycles. The van der Waals surface area contributed by atoms with Crippen molar-refractivity contribution in [2.45, 2.75) is 27.2 Å². The fourth-order valence-electron chi connectivity index (χ4n) is 1.10. The van der Waals surface area contributed by atoms with Gasteiger partial charge in [-0.15, -0.1) is 0 Å². The molecule has 12 heavy (non-hydrogen) atoms. The Labute approximate surface area is 78.7 Å². The zero-order chi connectivity index (χ0) is 9.56. The SMILES string of the molecule is CCSCCC(C(=O)O)C(C)C. The van der Waals surface area contributed by atoms with E-state index in [0.29, 0.717) is 0 Å². The summed E-state index contributed by atoms with van der Waals surface area (Å²) in [5.41, 5.74) is 0. The van der Waals surface area contributed by atoms with E-state index in [0.717, 1.165) is 17.9 Å². The summed E-state index contributed by atoms with van der Waals surface area (Å²) in [4.78, 5) is 10.7. The number of carbonyl (C=O) groups is 1. The fourth-order valence-corrected chi connectivity index (χ4v) is 1.81. The Morgan fingerprint density at radius 1 is 1.50 bits per heavy atom. The van der Waals surface area contributed by atoms with Crippen LogP contribution in [0.15, 0.2) is 0 Å². The lowest BCUT2D eigenvalue weighted by Crippen LogP contribution is -2.20. The molecule has 0 saturated heterocycles. The molecule has 0 aromatic heterocycles. The number of hydrogen-bond acceptors (Lipinski definition) is 2. The summed E-state index contributed by atoms with van der Waals surface area (Å²) in [6.07, 6.45) is 0.797. The molecule has 0 saturated carbocycles.